The van der Waals surface area contributed by atoms with Gasteiger partial charge >= 0.3 is 0 Å². The Morgan fingerprint density at radius 3 is 2.20 bits per heavy atom. The molecule has 106 valence electrons. The molecule has 2 aromatic rings. The fraction of sp³-hybridized carbons (Fsp3) is 0.250. The molecule has 1 atom stereocenters. The van der Waals surface area contributed by atoms with E-state index in [0.717, 1.165) is 21.2 Å². The van der Waals surface area contributed by atoms with Crippen molar-refractivity contribution in [1.82, 2.24) is 0 Å². The van der Waals surface area contributed by atoms with Crippen molar-refractivity contribution < 1.29 is 14.6 Å². The summed E-state index contributed by atoms with van der Waals surface area (Å²) in [6.07, 6.45) is -0.717. The van der Waals surface area contributed by atoms with Gasteiger partial charge in [0.1, 0.15) is 6.10 Å². The second-order valence-electron chi connectivity index (χ2n) is 4.49. The largest absolute Gasteiger partial charge is 0.493 e. The molecule has 4 heteroatoms. The molecule has 20 heavy (non-hydrogen) atoms. The molecule has 1 N–H and O–H groups in total. The third-order valence-corrected chi connectivity index (χ3v) is 3.97. The van der Waals surface area contributed by atoms with Gasteiger partial charge < -0.3 is 14.6 Å². The molecule has 3 nitrogen and oxygen atoms in total. The van der Waals surface area contributed by atoms with Crippen molar-refractivity contribution in [3.8, 4) is 11.5 Å². The molecule has 0 heterocycles. The lowest BCUT2D eigenvalue weighted by atomic mass is 9.97. The number of ether oxygens (including phenoxy) is 2. The van der Waals surface area contributed by atoms with Crippen LogP contribution in [0.3, 0.4) is 0 Å². The van der Waals surface area contributed by atoms with Crippen LogP contribution in [0.1, 0.15) is 22.8 Å². The standard InChI is InChI=1S/C16H17BrO3/c1-10-6-4-5-7-11(10)16(18)12-8-14(19-2)15(20-3)9-13(12)17/h4-9,16,18H,1-3H3. The summed E-state index contributed by atoms with van der Waals surface area (Å²) in [5.41, 5.74) is 2.67. The molecule has 0 aliphatic carbocycles. The van der Waals surface area contributed by atoms with Crippen LogP contribution in [0.15, 0.2) is 40.9 Å². The number of hydrogen-bond acceptors (Lipinski definition) is 3. The first-order chi connectivity index (χ1) is 9.58. The van der Waals surface area contributed by atoms with E-state index in [1.165, 1.54) is 0 Å². The fourth-order valence-corrected chi connectivity index (χ4v) is 2.68. The van der Waals surface area contributed by atoms with Gasteiger partial charge in [0.2, 0.25) is 0 Å². The summed E-state index contributed by atoms with van der Waals surface area (Å²) in [6, 6.07) is 11.4. The van der Waals surface area contributed by atoms with Crippen molar-refractivity contribution in [2.75, 3.05) is 14.2 Å². The number of rotatable bonds is 4. The van der Waals surface area contributed by atoms with Crippen LogP contribution in [0.5, 0.6) is 11.5 Å². The first-order valence-electron chi connectivity index (χ1n) is 6.23. The van der Waals surface area contributed by atoms with Gasteiger partial charge in [-0.2, -0.15) is 0 Å². The van der Waals surface area contributed by atoms with Gasteiger partial charge in [0.15, 0.2) is 11.5 Å². The maximum absolute atomic E-state index is 10.6. The molecule has 0 fully saturated rings. The summed E-state index contributed by atoms with van der Waals surface area (Å²) < 4.78 is 11.3. The molecule has 0 saturated heterocycles. The van der Waals surface area contributed by atoms with Crippen LogP contribution in [-0.2, 0) is 0 Å². The lowest BCUT2D eigenvalue weighted by molar-refractivity contribution is 0.218. The zero-order valence-corrected chi connectivity index (χ0v) is 13.3. The number of benzene rings is 2. The minimum absolute atomic E-state index is 0.596. The van der Waals surface area contributed by atoms with Crippen molar-refractivity contribution in [3.05, 3.63) is 57.6 Å². The average Bonchev–Trinajstić information content (AvgIpc) is 2.46. The highest BCUT2D eigenvalue weighted by molar-refractivity contribution is 9.10. The lowest BCUT2D eigenvalue weighted by Gasteiger charge is -2.18. The average molecular weight is 337 g/mol. The monoisotopic (exact) mass is 336 g/mol. The van der Waals surface area contributed by atoms with E-state index in [9.17, 15) is 5.11 Å². The lowest BCUT2D eigenvalue weighted by Crippen LogP contribution is -2.04. The molecule has 0 radical (unpaired) electrons. The number of methoxy groups -OCH3 is 2. The molecule has 0 aliphatic rings. The van der Waals surface area contributed by atoms with E-state index >= 15 is 0 Å². The van der Waals surface area contributed by atoms with Crippen molar-refractivity contribution in [2.24, 2.45) is 0 Å². The van der Waals surface area contributed by atoms with Gasteiger partial charge in [0, 0.05) is 10.0 Å². The summed E-state index contributed by atoms with van der Waals surface area (Å²) in [4.78, 5) is 0. The Bertz CT molecular complexity index is 611. The van der Waals surface area contributed by atoms with Gasteiger partial charge in [0.05, 0.1) is 14.2 Å². The summed E-state index contributed by atoms with van der Waals surface area (Å²) in [7, 11) is 3.16. The first-order valence-corrected chi connectivity index (χ1v) is 7.02. The molecular weight excluding hydrogens is 320 g/mol. The number of aliphatic hydroxyl groups excluding tert-OH is 1. The summed E-state index contributed by atoms with van der Waals surface area (Å²) in [5, 5.41) is 10.6. The quantitative estimate of drug-likeness (QED) is 0.921. The van der Waals surface area contributed by atoms with E-state index in [0.29, 0.717) is 11.5 Å². The SMILES string of the molecule is COc1cc(Br)c(C(O)c2ccccc2C)cc1OC. The van der Waals surface area contributed by atoms with Crippen LogP contribution >= 0.6 is 15.9 Å². The zero-order valence-electron chi connectivity index (χ0n) is 11.7. The van der Waals surface area contributed by atoms with Crippen LogP contribution in [0.2, 0.25) is 0 Å². The smallest absolute Gasteiger partial charge is 0.161 e. The van der Waals surface area contributed by atoms with Crippen LogP contribution < -0.4 is 9.47 Å². The van der Waals surface area contributed by atoms with Gasteiger partial charge in [-0.3, -0.25) is 0 Å². The van der Waals surface area contributed by atoms with E-state index < -0.39 is 6.10 Å². The van der Waals surface area contributed by atoms with Gasteiger partial charge in [0.25, 0.3) is 0 Å². The Hall–Kier alpha value is -1.52. The maximum atomic E-state index is 10.6. The molecule has 0 spiro atoms. The Morgan fingerprint density at radius 1 is 1.00 bits per heavy atom. The Labute approximate surface area is 127 Å². The van der Waals surface area contributed by atoms with Crippen LogP contribution in [0, 0.1) is 6.92 Å². The van der Waals surface area contributed by atoms with Gasteiger partial charge in [-0.1, -0.05) is 40.2 Å². The van der Waals surface area contributed by atoms with Crippen LogP contribution in [0.4, 0.5) is 0 Å². The third-order valence-electron chi connectivity index (χ3n) is 3.28. The molecule has 0 aromatic heterocycles. The molecule has 0 saturated carbocycles. The molecule has 2 rings (SSSR count). The first kappa shape index (κ1) is 14.9. The predicted octanol–water partition coefficient (Wildman–Crippen LogP) is 3.86. The topological polar surface area (TPSA) is 38.7 Å². The van der Waals surface area contributed by atoms with Crippen molar-refractivity contribution in [3.63, 3.8) is 0 Å². The number of halogens is 1. The molecule has 2 aromatic carbocycles. The zero-order chi connectivity index (χ0) is 14.7. The van der Waals surface area contributed by atoms with Crippen molar-refractivity contribution in [2.45, 2.75) is 13.0 Å². The van der Waals surface area contributed by atoms with Crippen molar-refractivity contribution in [1.29, 1.82) is 0 Å². The fourth-order valence-electron chi connectivity index (χ4n) is 2.14. The third kappa shape index (κ3) is 2.81. The Morgan fingerprint density at radius 2 is 1.60 bits per heavy atom. The van der Waals surface area contributed by atoms with E-state index in [-0.39, 0.29) is 0 Å². The van der Waals surface area contributed by atoms with Crippen LogP contribution in [0.25, 0.3) is 0 Å². The Balaban J connectivity index is 2.50. The van der Waals surface area contributed by atoms with E-state index in [1.807, 2.05) is 31.2 Å². The Kier molecular flexibility index (Phi) is 4.68. The highest BCUT2D eigenvalue weighted by Gasteiger charge is 2.18. The number of hydrogen-bond donors (Lipinski definition) is 1. The van der Waals surface area contributed by atoms with Crippen LogP contribution in [-0.4, -0.2) is 19.3 Å². The molecule has 1 unspecified atom stereocenters. The maximum Gasteiger partial charge on any atom is 0.161 e. The molecule has 0 aliphatic heterocycles. The second kappa shape index (κ2) is 6.29. The van der Waals surface area contributed by atoms with Gasteiger partial charge in [-0.05, 0) is 30.2 Å². The summed E-state index contributed by atoms with van der Waals surface area (Å²) in [6.45, 7) is 1.98. The summed E-state index contributed by atoms with van der Waals surface area (Å²) in [5.74, 6) is 1.22. The highest BCUT2D eigenvalue weighted by Crippen LogP contribution is 2.38. The molecule has 0 bridgehead atoms. The van der Waals surface area contributed by atoms with E-state index in [1.54, 1.807) is 26.4 Å². The normalized spacial score (nSPS) is 12.1. The predicted molar refractivity (Wildman–Crippen MR) is 82.5 cm³/mol. The molecule has 0 amide bonds. The number of aliphatic hydroxyl groups is 1. The van der Waals surface area contributed by atoms with Gasteiger partial charge in [-0.15, -0.1) is 0 Å². The molecular formula is C16H17BrO3. The minimum atomic E-state index is -0.717. The van der Waals surface area contributed by atoms with Gasteiger partial charge in [-0.25, -0.2) is 0 Å². The van der Waals surface area contributed by atoms with E-state index in [2.05, 4.69) is 15.9 Å². The second-order valence-corrected chi connectivity index (χ2v) is 5.34. The van der Waals surface area contributed by atoms with Crippen molar-refractivity contribution >= 4 is 15.9 Å². The van der Waals surface area contributed by atoms with E-state index in [4.69, 9.17) is 9.47 Å². The minimum Gasteiger partial charge on any atom is -0.493 e. The number of aryl methyl sites for hydroxylation is 1. The highest BCUT2D eigenvalue weighted by atomic mass is 79.9. The summed E-state index contributed by atoms with van der Waals surface area (Å²) >= 11 is 3.48.